The van der Waals surface area contributed by atoms with Crippen molar-refractivity contribution in [1.29, 1.82) is 0 Å². The molecule has 0 aromatic carbocycles. The zero-order valence-electron chi connectivity index (χ0n) is 12.2. The van der Waals surface area contributed by atoms with Crippen molar-refractivity contribution in [2.45, 2.75) is 44.7 Å². The highest BCUT2D eigenvalue weighted by atomic mass is 16.4. The van der Waals surface area contributed by atoms with E-state index in [1.165, 1.54) is 0 Å². The first kappa shape index (κ1) is 17.2. The molecule has 1 heterocycles. The van der Waals surface area contributed by atoms with Crippen molar-refractivity contribution in [1.82, 2.24) is 15.5 Å². The van der Waals surface area contributed by atoms with Crippen molar-refractivity contribution in [3.05, 3.63) is 0 Å². The van der Waals surface area contributed by atoms with Gasteiger partial charge in [0, 0.05) is 19.0 Å². The van der Waals surface area contributed by atoms with Crippen LogP contribution in [-0.4, -0.2) is 64.8 Å². The maximum atomic E-state index is 11.7. The van der Waals surface area contributed by atoms with Gasteiger partial charge in [0.15, 0.2) is 0 Å². The van der Waals surface area contributed by atoms with Crippen LogP contribution in [0.15, 0.2) is 0 Å². The molecule has 4 N–H and O–H groups in total. The van der Waals surface area contributed by atoms with E-state index in [9.17, 15) is 14.4 Å². The summed E-state index contributed by atoms with van der Waals surface area (Å²) in [6.45, 7) is 4.61. The van der Waals surface area contributed by atoms with Gasteiger partial charge in [0.1, 0.15) is 6.04 Å². The molecule has 8 nitrogen and oxygen atoms in total. The van der Waals surface area contributed by atoms with Gasteiger partial charge in [0.25, 0.3) is 0 Å². The third-order valence-corrected chi connectivity index (χ3v) is 3.36. The number of nitrogens with zero attached hydrogens (tertiary/aromatic N) is 1. The molecule has 120 valence electrons. The lowest BCUT2D eigenvalue weighted by atomic mass is 10.1. The number of amides is 2. The molecule has 0 bridgehead atoms. The fourth-order valence-corrected chi connectivity index (χ4v) is 2.35. The number of carboxylic acid groups (broad SMARTS) is 2. The Hall–Kier alpha value is -1.83. The zero-order valence-corrected chi connectivity index (χ0v) is 12.2. The summed E-state index contributed by atoms with van der Waals surface area (Å²) < 4.78 is 0. The zero-order chi connectivity index (χ0) is 15.8. The summed E-state index contributed by atoms with van der Waals surface area (Å²) in [5, 5.41) is 22.5. The van der Waals surface area contributed by atoms with Crippen LogP contribution in [0.2, 0.25) is 0 Å². The average Bonchev–Trinajstić information content (AvgIpc) is 2.86. The molecule has 8 heteroatoms. The summed E-state index contributed by atoms with van der Waals surface area (Å²) in [5.74, 6) is -2.33. The molecule has 0 saturated carbocycles. The van der Waals surface area contributed by atoms with Gasteiger partial charge in [-0.25, -0.2) is 9.59 Å². The summed E-state index contributed by atoms with van der Waals surface area (Å²) in [5.41, 5.74) is 0. The summed E-state index contributed by atoms with van der Waals surface area (Å²) in [6.07, 6.45) is 1.88. The van der Waals surface area contributed by atoms with Crippen molar-refractivity contribution in [3.8, 4) is 0 Å². The second-order valence-electron chi connectivity index (χ2n) is 5.35. The van der Waals surface area contributed by atoms with Crippen molar-refractivity contribution in [2.24, 2.45) is 0 Å². The van der Waals surface area contributed by atoms with Gasteiger partial charge in [-0.2, -0.15) is 0 Å². The van der Waals surface area contributed by atoms with E-state index in [0.717, 1.165) is 32.5 Å². The molecule has 0 aromatic heterocycles. The van der Waals surface area contributed by atoms with E-state index in [2.05, 4.69) is 15.5 Å². The number of likely N-dealkylation sites (tertiary alicyclic amines) is 1. The van der Waals surface area contributed by atoms with Gasteiger partial charge in [-0.15, -0.1) is 0 Å². The summed E-state index contributed by atoms with van der Waals surface area (Å²) in [6, 6.07) is -1.88. The Morgan fingerprint density at radius 1 is 1.14 bits per heavy atom. The second kappa shape index (κ2) is 8.46. The Morgan fingerprint density at radius 2 is 1.76 bits per heavy atom. The van der Waals surface area contributed by atoms with Gasteiger partial charge in [-0.05, 0) is 39.3 Å². The second-order valence-corrected chi connectivity index (χ2v) is 5.35. The maximum absolute atomic E-state index is 11.7. The van der Waals surface area contributed by atoms with Crippen LogP contribution in [0.1, 0.15) is 32.6 Å². The lowest BCUT2D eigenvalue weighted by Crippen LogP contribution is -2.50. The Balaban J connectivity index is 2.34. The van der Waals surface area contributed by atoms with Gasteiger partial charge in [0.05, 0.1) is 0 Å². The molecule has 0 spiro atoms. The molecule has 0 aliphatic carbocycles. The minimum atomic E-state index is -1.24. The van der Waals surface area contributed by atoms with Gasteiger partial charge in [-0.3, -0.25) is 4.79 Å². The van der Waals surface area contributed by atoms with E-state index in [4.69, 9.17) is 10.2 Å². The molecule has 1 fully saturated rings. The number of carbonyl (C=O) groups excluding carboxylic acids is 1. The van der Waals surface area contributed by atoms with Crippen LogP contribution in [0.3, 0.4) is 0 Å². The quantitative estimate of drug-likeness (QED) is 0.504. The lowest BCUT2D eigenvalue weighted by Gasteiger charge is -2.22. The van der Waals surface area contributed by atoms with Crippen molar-refractivity contribution in [3.63, 3.8) is 0 Å². The molecule has 1 aliphatic rings. The van der Waals surface area contributed by atoms with Crippen molar-refractivity contribution in [2.75, 3.05) is 19.6 Å². The number of hydrogen-bond acceptors (Lipinski definition) is 4. The number of urea groups is 1. The van der Waals surface area contributed by atoms with Crippen LogP contribution in [-0.2, 0) is 9.59 Å². The van der Waals surface area contributed by atoms with Crippen LogP contribution in [0.4, 0.5) is 4.79 Å². The Bertz CT molecular complexity index is 382. The minimum Gasteiger partial charge on any atom is -0.481 e. The smallest absolute Gasteiger partial charge is 0.326 e. The molecule has 0 aromatic rings. The Kier molecular flexibility index (Phi) is 6.93. The number of carbonyl (C=O) groups is 3. The molecule has 21 heavy (non-hydrogen) atoms. The van der Waals surface area contributed by atoms with Gasteiger partial charge >= 0.3 is 18.0 Å². The number of nitrogens with one attached hydrogen (secondary N) is 2. The van der Waals surface area contributed by atoms with E-state index >= 15 is 0 Å². The van der Waals surface area contributed by atoms with Gasteiger partial charge in [-0.1, -0.05) is 0 Å². The monoisotopic (exact) mass is 301 g/mol. The standard InChI is InChI=1S/C13H23N3O5/c1-9(8-16-6-2-3-7-16)14-13(21)15-10(12(19)20)4-5-11(17)18/h9-10H,2-8H2,1H3,(H,17,18)(H,19,20)(H2,14,15,21). The summed E-state index contributed by atoms with van der Waals surface area (Å²) >= 11 is 0. The average molecular weight is 301 g/mol. The van der Waals surface area contributed by atoms with Crippen LogP contribution in [0.25, 0.3) is 0 Å². The lowest BCUT2D eigenvalue weighted by molar-refractivity contribution is -0.140. The van der Waals surface area contributed by atoms with Crippen LogP contribution >= 0.6 is 0 Å². The van der Waals surface area contributed by atoms with Crippen LogP contribution in [0.5, 0.6) is 0 Å². The molecule has 2 unspecified atom stereocenters. The molecule has 2 amide bonds. The maximum Gasteiger partial charge on any atom is 0.326 e. The molecule has 1 rings (SSSR count). The van der Waals surface area contributed by atoms with Crippen LogP contribution in [0, 0.1) is 0 Å². The third kappa shape index (κ3) is 6.94. The minimum absolute atomic E-state index is 0.1000. The fraction of sp³-hybridized carbons (Fsp3) is 0.769. The van der Waals surface area contributed by atoms with E-state index in [0.29, 0.717) is 0 Å². The number of aliphatic carboxylic acids is 2. The summed E-state index contributed by atoms with van der Waals surface area (Å²) in [7, 11) is 0. The Labute approximate surface area is 123 Å². The van der Waals surface area contributed by atoms with Gasteiger partial charge < -0.3 is 25.7 Å². The highest BCUT2D eigenvalue weighted by Gasteiger charge is 2.22. The van der Waals surface area contributed by atoms with E-state index in [1.807, 2.05) is 6.92 Å². The summed E-state index contributed by atoms with van der Waals surface area (Å²) in [4.78, 5) is 35.4. The van der Waals surface area contributed by atoms with Crippen LogP contribution < -0.4 is 10.6 Å². The SMILES string of the molecule is CC(CN1CCCC1)NC(=O)NC(CCC(=O)O)C(=O)O. The molecule has 2 atom stereocenters. The first-order chi connectivity index (χ1) is 9.88. The first-order valence-electron chi connectivity index (χ1n) is 7.12. The molecular formula is C13H23N3O5. The Morgan fingerprint density at radius 3 is 2.29 bits per heavy atom. The first-order valence-corrected chi connectivity index (χ1v) is 7.12. The molecule has 1 saturated heterocycles. The largest absolute Gasteiger partial charge is 0.481 e. The molecule has 0 radical (unpaired) electrons. The van der Waals surface area contributed by atoms with Gasteiger partial charge in [0.2, 0.25) is 0 Å². The predicted octanol–water partition coefficient (Wildman–Crippen LogP) is 0.0879. The van der Waals surface area contributed by atoms with E-state index in [1.54, 1.807) is 0 Å². The fourth-order valence-electron chi connectivity index (χ4n) is 2.35. The predicted molar refractivity (Wildman–Crippen MR) is 75.1 cm³/mol. The number of hydrogen-bond donors (Lipinski definition) is 4. The molecular weight excluding hydrogens is 278 g/mol. The van der Waals surface area contributed by atoms with E-state index < -0.39 is 24.0 Å². The highest BCUT2D eigenvalue weighted by Crippen LogP contribution is 2.07. The normalized spacial score (nSPS) is 18.0. The van der Waals surface area contributed by atoms with E-state index in [-0.39, 0.29) is 18.9 Å². The molecule has 1 aliphatic heterocycles. The van der Waals surface area contributed by atoms with Crippen molar-refractivity contribution >= 4 is 18.0 Å². The third-order valence-electron chi connectivity index (χ3n) is 3.36. The highest BCUT2D eigenvalue weighted by molar-refractivity contribution is 5.83. The number of carboxylic acids is 2. The number of rotatable bonds is 8. The van der Waals surface area contributed by atoms with Crippen molar-refractivity contribution < 1.29 is 24.6 Å². The topological polar surface area (TPSA) is 119 Å².